The first-order valence-electron chi connectivity index (χ1n) is 17.1. The molecule has 2 heterocycles. The average Bonchev–Trinajstić information content (AvgIpc) is 3.19. The van der Waals surface area contributed by atoms with E-state index in [4.69, 9.17) is 25.8 Å². The van der Waals surface area contributed by atoms with E-state index in [2.05, 4.69) is 40.8 Å². The Labute approximate surface area is 283 Å². The molecule has 0 saturated heterocycles. The van der Waals surface area contributed by atoms with Gasteiger partial charge in [-0.05, 0) is 105 Å². The number of ether oxygens (including phenoxy) is 3. The second-order valence-corrected chi connectivity index (χ2v) is 15.2. The monoisotopic (exact) mass is 670 g/mol. The number of allylic oxidation sites excluding steroid dienone is 1. The minimum Gasteiger partial charge on any atom is -0.490 e. The summed E-state index contributed by atoms with van der Waals surface area (Å²) in [5.74, 6) is 1.39. The number of nitrogens with zero attached hydrogens (tertiary/aromatic N) is 1. The molecule has 1 amide bonds. The maximum absolute atomic E-state index is 13.4. The zero-order valence-corrected chi connectivity index (χ0v) is 29.6. The van der Waals surface area contributed by atoms with Crippen molar-refractivity contribution in [1.82, 2.24) is 4.72 Å². The van der Waals surface area contributed by atoms with Crippen molar-refractivity contribution in [2.75, 3.05) is 44.9 Å². The number of halogens is 1. The van der Waals surface area contributed by atoms with Gasteiger partial charge in [0.15, 0.2) is 0 Å². The van der Waals surface area contributed by atoms with Crippen LogP contribution in [0.5, 0.6) is 5.75 Å². The molecule has 7 nitrogen and oxygen atoms in total. The summed E-state index contributed by atoms with van der Waals surface area (Å²) in [5, 5.41) is 0.562. The number of nitrogens with one attached hydrogen (secondary N) is 1. The van der Waals surface area contributed by atoms with E-state index in [0.29, 0.717) is 37.2 Å². The van der Waals surface area contributed by atoms with Crippen molar-refractivity contribution in [3.8, 4) is 5.75 Å². The Hall–Kier alpha value is -2.39. The fraction of sp³-hybridized carbons (Fsp3) is 0.595. The Balaban J connectivity index is 0.00000204. The number of carbonyl (C=O) groups is 1. The molecule has 1 fully saturated rings. The number of anilines is 1. The van der Waals surface area contributed by atoms with E-state index in [-0.39, 0.29) is 28.6 Å². The largest absolute Gasteiger partial charge is 0.490 e. The third-order valence-electron chi connectivity index (χ3n) is 10.4. The highest BCUT2D eigenvalue weighted by molar-refractivity contribution is 7.84. The lowest BCUT2D eigenvalue weighted by Gasteiger charge is -2.46. The first kappa shape index (κ1) is 34.9. The highest BCUT2D eigenvalue weighted by Crippen LogP contribution is 2.47. The molecule has 1 spiro atoms. The van der Waals surface area contributed by atoms with Crippen LogP contribution in [0.15, 0.2) is 48.6 Å². The van der Waals surface area contributed by atoms with Crippen molar-refractivity contribution in [2.45, 2.75) is 83.0 Å². The number of amides is 1. The fourth-order valence-corrected chi connectivity index (χ4v) is 8.67. The predicted octanol–water partition coefficient (Wildman–Crippen LogP) is 7.28. The van der Waals surface area contributed by atoms with Crippen molar-refractivity contribution in [3.05, 3.63) is 70.3 Å². The third kappa shape index (κ3) is 7.51. The van der Waals surface area contributed by atoms with Crippen LogP contribution in [0.4, 0.5) is 5.69 Å². The predicted molar refractivity (Wildman–Crippen MR) is 187 cm³/mol. The molecule has 9 heteroatoms. The zero-order chi connectivity index (χ0) is 32.8. The normalized spacial score (nSPS) is 31.5. The van der Waals surface area contributed by atoms with Gasteiger partial charge in [0.1, 0.15) is 16.7 Å². The van der Waals surface area contributed by atoms with E-state index in [1.807, 2.05) is 39.0 Å². The van der Waals surface area contributed by atoms with Gasteiger partial charge < -0.3 is 19.1 Å². The second kappa shape index (κ2) is 15.7. The van der Waals surface area contributed by atoms with Crippen LogP contribution in [0.25, 0.3) is 0 Å². The van der Waals surface area contributed by atoms with Crippen molar-refractivity contribution < 1.29 is 23.2 Å². The SMILES string of the molecule is CC.COCCOC1/C=C/CC(C)C(C)S(=O)NC(=O)c2ccc3c(c2)N(CC2CCC21)CC1(CCCc2cc(Cl)ccc21)CO3. The summed E-state index contributed by atoms with van der Waals surface area (Å²) in [5.41, 5.74) is 3.85. The number of hydrogen-bond donors (Lipinski definition) is 1. The molecule has 1 N–H and O–H groups in total. The van der Waals surface area contributed by atoms with Crippen LogP contribution < -0.4 is 14.4 Å². The second-order valence-electron chi connectivity index (χ2n) is 13.2. The molecule has 2 aliphatic carbocycles. The van der Waals surface area contributed by atoms with Crippen LogP contribution in [-0.2, 0) is 32.3 Å². The summed E-state index contributed by atoms with van der Waals surface area (Å²) in [6.45, 7) is 11.3. The quantitative estimate of drug-likeness (QED) is 0.272. The molecule has 46 heavy (non-hydrogen) atoms. The summed E-state index contributed by atoms with van der Waals surface area (Å²) in [6.07, 6.45) is 10.5. The summed E-state index contributed by atoms with van der Waals surface area (Å²) in [6, 6.07) is 12.0. The fourth-order valence-electron chi connectivity index (χ4n) is 7.45. The van der Waals surface area contributed by atoms with Gasteiger partial charge >= 0.3 is 0 Å². The highest BCUT2D eigenvalue weighted by atomic mass is 35.5. The van der Waals surface area contributed by atoms with Crippen molar-refractivity contribution in [2.24, 2.45) is 17.8 Å². The Morgan fingerprint density at radius 3 is 2.72 bits per heavy atom. The lowest BCUT2D eigenvalue weighted by Crippen LogP contribution is -2.49. The summed E-state index contributed by atoms with van der Waals surface area (Å²) >= 11 is 6.44. The number of rotatable bonds is 4. The highest BCUT2D eigenvalue weighted by Gasteiger charge is 2.44. The molecule has 2 aliphatic heterocycles. The van der Waals surface area contributed by atoms with Crippen molar-refractivity contribution >= 4 is 34.2 Å². The summed E-state index contributed by atoms with van der Waals surface area (Å²) < 4.78 is 34.4. The van der Waals surface area contributed by atoms with E-state index >= 15 is 0 Å². The van der Waals surface area contributed by atoms with Gasteiger partial charge in [0.2, 0.25) is 0 Å². The minimum atomic E-state index is -1.52. The molecular formula is C37H51ClN2O5S. The number of hydrogen-bond acceptors (Lipinski definition) is 6. The van der Waals surface area contributed by atoms with E-state index in [1.54, 1.807) is 13.2 Å². The first-order valence-corrected chi connectivity index (χ1v) is 18.7. The van der Waals surface area contributed by atoms with Crippen LogP contribution in [0.3, 0.4) is 0 Å². The van der Waals surface area contributed by atoms with Crippen molar-refractivity contribution in [1.29, 1.82) is 0 Å². The average molecular weight is 671 g/mol. The smallest absolute Gasteiger partial charge is 0.263 e. The Kier molecular flexibility index (Phi) is 11.9. The van der Waals surface area contributed by atoms with Gasteiger partial charge in [-0.25, -0.2) is 4.21 Å². The van der Waals surface area contributed by atoms with Crippen LogP contribution in [0.1, 0.15) is 81.3 Å². The van der Waals surface area contributed by atoms with Gasteiger partial charge in [-0.2, -0.15) is 0 Å². The molecule has 1 saturated carbocycles. The maximum atomic E-state index is 13.4. The van der Waals surface area contributed by atoms with Crippen LogP contribution in [0.2, 0.25) is 5.02 Å². The molecule has 2 aromatic rings. The Morgan fingerprint density at radius 2 is 1.96 bits per heavy atom. The Bertz CT molecular complexity index is 1420. The van der Waals surface area contributed by atoms with Crippen LogP contribution in [-0.4, -0.2) is 61.5 Å². The molecule has 7 atom stereocenters. The lowest BCUT2D eigenvalue weighted by atomic mass is 9.68. The van der Waals surface area contributed by atoms with Gasteiger partial charge in [0, 0.05) is 36.2 Å². The van der Waals surface area contributed by atoms with Gasteiger partial charge in [0.05, 0.1) is 36.9 Å². The van der Waals surface area contributed by atoms with E-state index in [0.717, 1.165) is 68.1 Å². The molecule has 0 radical (unpaired) electrons. The molecule has 252 valence electrons. The van der Waals surface area contributed by atoms with Gasteiger partial charge in [-0.3, -0.25) is 9.52 Å². The van der Waals surface area contributed by atoms with E-state index in [1.165, 1.54) is 11.1 Å². The maximum Gasteiger partial charge on any atom is 0.263 e. The number of fused-ring (bicyclic) bond motifs is 4. The molecule has 2 bridgehead atoms. The molecular weight excluding hydrogens is 620 g/mol. The lowest BCUT2D eigenvalue weighted by molar-refractivity contribution is -0.0309. The van der Waals surface area contributed by atoms with Gasteiger partial charge in [-0.1, -0.05) is 50.6 Å². The Morgan fingerprint density at radius 1 is 1.13 bits per heavy atom. The first-order chi connectivity index (χ1) is 22.3. The number of methoxy groups -OCH3 is 1. The molecule has 6 rings (SSSR count). The minimum absolute atomic E-state index is 0.00921. The number of benzene rings is 2. The molecule has 0 aromatic heterocycles. The van der Waals surface area contributed by atoms with Gasteiger partial charge in [-0.15, -0.1) is 0 Å². The van der Waals surface area contributed by atoms with Gasteiger partial charge in [0.25, 0.3) is 5.91 Å². The standard InChI is InChI=1S/C35H45ClN2O5S.C2H6/c1-23-6-4-8-32(42-17-16-41-3)29-12-9-27(29)20-38-21-35(15-5-7-25-18-28(36)11-13-30(25)35)22-43-33-14-10-26(19-31(33)38)34(39)37-44(40)24(23)2;1-2/h4,8,10-11,13-14,18-19,23-24,27,29,32H,5-7,9,12,15-17,20-22H2,1-3H3,(H,37,39);1-2H3/b8-4+;. The third-order valence-corrected chi connectivity index (χ3v) is 12.2. The zero-order valence-electron chi connectivity index (χ0n) is 28.1. The number of aryl methyl sites for hydroxylation is 1. The molecule has 7 unspecified atom stereocenters. The molecule has 4 aliphatic rings. The van der Waals surface area contributed by atoms with E-state index < -0.39 is 11.0 Å². The summed E-state index contributed by atoms with van der Waals surface area (Å²) in [4.78, 5) is 15.9. The van der Waals surface area contributed by atoms with Crippen molar-refractivity contribution in [3.63, 3.8) is 0 Å². The van der Waals surface area contributed by atoms with Crippen LogP contribution in [0, 0.1) is 17.8 Å². The van der Waals surface area contributed by atoms with Crippen LogP contribution >= 0.6 is 11.6 Å². The molecule has 2 aromatic carbocycles. The topological polar surface area (TPSA) is 77.1 Å². The van der Waals surface area contributed by atoms with E-state index in [9.17, 15) is 9.00 Å². The number of carbonyl (C=O) groups excluding carboxylic acids is 1. The summed E-state index contributed by atoms with van der Waals surface area (Å²) in [7, 11) is 0.179.